The maximum Gasteiger partial charge on any atom is 0.407 e. The van der Waals surface area contributed by atoms with Crippen LogP contribution in [0.1, 0.15) is 34.1 Å². The number of carbonyl (C=O) groups excluding carboxylic acids is 1. The van der Waals surface area contributed by atoms with E-state index in [4.69, 9.17) is 11.2 Å². The van der Waals surface area contributed by atoms with Crippen molar-refractivity contribution in [3.8, 4) is 12.3 Å². The molecule has 0 aliphatic carbocycles. The molecule has 0 rings (SSSR count). The van der Waals surface area contributed by atoms with Gasteiger partial charge < -0.3 is 15.4 Å². The number of alkyl carbamates (subject to hydrolysis) is 1. The molecule has 1 amide bonds. The van der Waals surface area contributed by atoms with Gasteiger partial charge in [0.25, 0.3) is 0 Å². The van der Waals surface area contributed by atoms with Crippen LogP contribution < -0.4 is 10.6 Å². The van der Waals surface area contributed by atoms with Gasteiger partial charge in [-0.3, -0.25) is 0 Å². The smallest absolute Gasteiger partial charge is 0.407 e. The Morgan fingerprint density at radius 1 is 1.44 bits per heavy atom. The zero-order valence-electron chi connectivity index (χ0n) is 10.6. The third-order valence-electron chi connectivity index (χ3n) is 1.71. The molecule has 1 unspecified atom stereocenters. The quantitative estimate of drug-likeness (QED) is 0.552. The molecule has 2 N–H and O–H groups in total. The molecule has 0 radical (unpaired) electrons. The Morgan fingerprint density at radius 3 is 2.56 bits per heavy atom. The first-order chi connectivity index (χ1) is 7.35. The van der Waals surface area contributed by atoms with Crippen LogP contribution in [-0.2, 0) is 4.74 Å². The van der Waals surface area contributed by atoms with Crippen molar-refractivity contribution in [2.24, 2.45) is 0 Å². The van der Waals surface area contributed by atoms with E-state index in [0.717, 1.165) is 0 Å². The van der Waals surface area contributed by atoms with Crippen LogP contribution in [0.3, 0.4) is 0 Å². The lowest BCUT2D eigenvalue weighted by Gasteiger charge is -2.20. The fourth-order valence-electron chi connectivity index (χ4n) is 1.05. The average Bonchev–Trinajstić information content (AvgIpc) is 2.10. The van der Waals surface area contributed by atoms with Gasteiger partial charge in [0.05, 0.1) is 0 Å². The number of terminal acetylenes is 1. The topological polar surface area (TPSA) is 50.4 Å². The van der Waals surface area contributed by atoms with Crippen molar-refractivity contribution in [2.75, 3.05) is 13.1 Å². The maximum absolute atomic E-state index is 11.2. The number of ether oxygens (including phenoxy) is 1. The molecule has 0 heterocycles. The third-order valence-corrected chi connectivity index (χ3v) is 1.71. The third kappa shape index (κ3) is 9.35. The van der Waals surface area contributed by atoms with Crippen LogP contribution in [0.4, 0.5) is 4.79 Å². The Labute approximate surface area is 98.1 Å². The minimum absolute atomic E-state index is 0.269. The molecule has 0 bridgehead atoms. The molecule has 0 spiro atoms. The number of amides is 1. The molecule has 4 nitrogen and oxygen atoms in total. The summed E-state index contributed by atoms with van der Waals surface area (Å²) < 4.78 is 5.08. The highest BCUT2D eigenvalue weighted by Gasteiger charge is 2.15. The predicted molar refractivity (Wildman–Crippen MR) is 65.2 cm³/mol. The highest BCUT2D eigenvalue weighted by atomic mass is 16.6. The van der Waals surface area contributed by atoms with Crippen LogP contribution in [0.15, 0.2) is 0 Å². The van der Waals surface area contributed by atoms with E-state index in [1.807, 2.05) is 27.7 Å². The van der Waals surface area contributed by atoms with E-state index in [1.54, 1.807) is 0 Å². The van der Waals surface area contributed by atoms with Crippen molar-refractivity contribution in [1.82, 2.24) is 10.6 Å². The first-order valence-corrected chi connectivity index (χ1v) is 5.49. The second-order valence-electron chi connectivity index (χ2n) is 4.69. The normalized spacial score (nSPS) is 12.7. The largest absolute Gasteiger partial charge is 0.444 e. The van der Waals surface area contributed by atoms with Gasteiger partial charge in [-0.25, -0.2) is 4.79 Å². The predicted octanol–water partition coefficient (Wildman–Crippen LogP) is 1.51. The zero-order chi connectivity index (χ0) is 12.6. The van der Waals surface area contributed by atoms with E-state index in [2.05, 4.69) is 16.6 Å². The molecule has 0 aliphatic rings. The Morgan fingerprint density at radius 2 is 2.06 bits per heavy atom. The minimum Gasteiger partial charge on any atom is -0.444 e. The molecule has 0 aromatic rings. The molecular formula is C12H22N2O2. The highest BCUT2D eigenvalue weighted by Crippen LogP contribution is 2.05. The lowest BCUT2D eigenvalue weighted by atomic mass is 10.2. The molecule has 0 saturated carbocycles. The van der Waals surface area contributed by atoms with Crippen molar-refractivity contribution in [3.05, 3.63) is 0 Å². The Kier molecular flexibility index (Phi) is 6.59. The molecule has 0 aromatic heterocycles. The lowest BCUT2D eigenvalue weighted by Crippen LogP contribution is -2.38. The van der Waals surface area contributed by atoms with Crippen LogP contribution in [0.5, 0.6) is 0 Å². The zero-order valence-corrected chi connectivity index (χ0v) is 10.6. The molecule has 92 valence electrons. The van der Waals surface area contributed by atoms with E-state index in [1.165, 1.54) is 0 Å². The van der Waals surface area contributed by atoms with Crippen LogP contribution in [0, 0.1) is 12.3 Å². The summed E-state index contributed by atoms with van der Waals surface area (Å²) >= 11 is 0. The molecule has 0 saturated heterocycles. The summed E-state index contributed by atoms with van der Waals surface area (Å²) in [6.45, 7) is 8.72. The molecule has 4 heteroatoms. The summed E-state index contributed by atoms with van der Waals surface area (Å²) in [5.74, 6) is 2.57. The number of nitrogens with one attached hydrogen (secondary N) is 2. The van der Waals surface area contributed by atoms with Crippen molar-refractivity contribution in [2.45, 2.75) is 45.8 Å². The summed E-state index contributed by atoms with van der Waals surface area (Å²) in [5, 5.41) is 5.85. The lowest BCUT2D eigenvalue weighted by molar-refractivity contribution is 0.0528. The van der Waals surface area contributed by atoms with Crippen LogP contribution in [-0.4, -0.2) is 30.8 Å². The standard InChI is InChI=1S/C12H22N2O2/c1-6-7-10(2)13-8-9-14-11(15)16-12(3,4)5/h1,10,13H,7-9H2,2-5H3,(H,14,15). The first kappa shape index (κ1) is 14.8. The van der Waals surface area contributed by atoms with Crippen LogP contribution in [0.25, 0.3) is 0 Å². The summed E-state index contributed by atoms with van der Waals surface area (Å²) in [6, 6.07) is 0.269. The number of hydrogen-bond acceptors (Lipinski definition) is 3. The van der Waals surface area contributed by atoms with E-state index in [0.29, 0.717) is 19.5 Å². The number of hydrogen-bond donors (Lipinski definition) is 2. The molecule has 0 fully saturated rings. The fourth-order valence-corrected chi connectivity index (χ4v) is 1.05. The van der Waals surface area contributed by atoms with Gasteiger partial charge in [-0.2, -0.15) is 0 Å². The molecule has 0 aliphatic heterocycles. The van der Waals surface area contributed by atoms with Crippen LogP contribution in [0.2, 0.25) is 0 Å². The fraction of sp³-hybridized carbons (Fsp3) is 0.750. The van der Waals surface area contributed by atoms with Gasteiger partial charge in [-0.15, -0.1) is 12.3 Å². The molecular weight excluding hydrogens is 204 g/mol. The summed E-state index contributed by atoms with van der Waals surface area (Å²) in [6.07, 6.45) is 5.47. The van der Waals surface area contributed by atoms with E-state index < -0.39 is 5.60 Å². The second kappa shape index (κ2) is 7.13. The van der Waals surface area contributed by atoms with Crippen LogP contribution >= 0.6 is 0 Å². The Balaban J connectivity index is 3.53. The highest BCUT2D eigenvalue weighted by molar-refractivity contribution is 5.67. The maximum atomic E-state index is 11.2. The Hall–Kier alpha value is -1.21. The summed E-state index contributed by atoms with van der Waals surface area (Å²) in [7, 11) is 0. The molecule has 1 atom stereocenters. The van der Waals surface area contributed by atoms with Crippen molar-refractivity contribution < 1.29 is 9.53 Å². The number of carbonyl (C=O) groups is 1. The van der Waals surface area contributed by atoms with Gasteiger partial charge in [-0.05, 0) is 27.7 Å². The number of rotatable bonds is 5. The van der Waals surface area contributed by atoms with Gasteiger partial charge in [0.2, 0.25) is 0 Å². The van der Waals surface area contributed by atoms with Crippen molar-refractivity contribution in [1.29, 1.82) is 0 Å². The Bertz CT molecular complexity index is 251. The SMILES string of the molecule is C#CCC(C)NCCNC(=O)OC(C)(C)C. The van der Waals surface area contributed by atoms with Gasteiger partial charge in [0, 0.05) is 25.6 Å². The van der Waals surface area contributed by atoms with Gasteiger partial charge >= 0.3 is 6.09 Å². The van der Waals surface area contributed by atoms with Crippen molar-refractivity contribution >= 4 is 6.09 Å². The average molecular weight is 226 g/mol. The second-order valence-corrected chi connectivity index (χ2v) is 4.69. The molecule has 16 heavy (non-hydrogen) atoms. The monoisotopic (exact) mass is 226 g/mol. The van der Waals surface area contributed by atoms with E-state index >= 15 is 0 Å². The van der Waals surface area contributed by atoms with Gasteiger partial charge in [0.15, 0.2) is 0 Å². The van der Waals surface area contributed by atoms with E-state index in [9.17, 15) is 4.79 Å². The minimum atomic E-state index is -0.450. The molecule has 0 aromatic carbocycles. The summed E-state index contributed by atoms with van der Waals surface area (Å²) in [4.78, 5) is 11.2. The summed E-state index contributed by atoms with van der Waals surface area (Å²) in [5.41, 5.74) is -0.450. The van der Waals surface area contributed by atoms with Gasteiger partial charge in [0.1, 0.15) is 5.60 Å². The van der Waals surface area contributed by atoms with Crippen molar-refractivity contribution in [3.63, 3.8) is 0 Å². The van der Waals surface area contributed by atoms with Gasteiger partial charge in [-0.1, -0.05) is 0 Å². The first-order valence-electron chi connectivity index (χ1n) is 5.49. The van der Waals surface area contributed by atoms with E-state index in [-0.39, 0.29) is 12.1 Å².